The van der Waals surface area contributed by atoms with Crippen LogP contribution in [0, 0.1) is 0 Å². The number of methoxy groups -OCH3 is 2. The van der Waals surface area contributed by atoms with Crippen LogP contribution in [0.5, 0.6) is 11.5 Å². The summed E-state index contributed by atoms with van der Waals surface area (Å²) in [6.07, 6.45) is 5.06. The average Bonchev–Trinajstić information content (AvgIpc) is 3.08. The van der Waals surface area contributed by atoms with Crippen molar-refractivity contribution in [2.45, 2.75) is 13.5 Å². The standard InChI is InChI=1S/C27H24N2O4.ClH/c1-18(21-14-22(32-2)16-23(15-21)33-3)25-24(13-19-7-5-4-6-8-19)26(30)29(27(25)31)17-20-9-11-28-12-10-20;/h4-16H,17H2,1-3H3;1H/b24-13+,25-18-;. The summed E-state index contributed by atoms with van der Waals surface area (Å²) in [4.78, 5) is 32.3. The number of allylic oxidation sites excluding steroid dienone is 1. The van der Waals surface area contributed by atoms with Crippen molar-refractivity contribution in [2.75, 3.05) is 14.2 Å². The molecule has 3 aromatic rings. The first kappa shape index (κ1) is 24.7. The van der Waals surface area contributed by atoms with Gasteiger partial charge in [-0.25, -0.2) is 0 Å². The largest absolute Gasteiger partial charge is 0.497 e. The Morgan fingerprint density at radius 2 is 1.53 bits per heavy atom. The molecule has 2 amide bonds. The van der Waals surface area contributed by atoms with E-state index in [0.29, 0.717) is 28.2 Å². The molecule has 0 spiro atoms. The van der Waals surface area contributed by atoms with Gasteiger partial charge in [-0.1, -0.05) is 30.3 Å². The highest BCUT2D eigenvalue weighted by Crippen LogP contribution is 2.36. The van der Waals surface area contributed by atoms with E-state index in [2.05, 4.69) is 4.98 Å². The Kier molecular flexibility index (Phi) is 7.87. The second-order valence-corrected chi connectivity index (χ2v) is 7.62. The number of nitrogens with zero attached hydrogens (tertiary/aromatic N) is 2. The minimum atomic E-state index is -0.335. The molecular formula is C27H25ClN2O4. The molecule has 0 radical (unpaired) electrons. The van der Waals surface area contributed by atoms with Gasteiger partial charge in [-0.05, 0) is 59.5 Å². The molecule has 0 atom stereocenters. The predicted molar refractivity (Wildman–Crippen MR) is 134 cm³/mol. The maximum Gasteiger partial charge on any atom is 0.262 e. The van der Waals surface area contributed by atoms with Crippen molar-refractivity contribution in [3.63, 3.8) is 0 Å². The van der Waals surface area contributed by atoms with Crippen LogP contribution in [0.15, 0.2) is 84.2 Å². The Morgan fingerprint density at radius 3 is 2.12 bits per heavy atom. The molecular weight excluding hydrogens is 452 g/mol. The number of rotatable bonds is 6. The molecule has 1 aromatic heterocycles. The van der Waals surface area contributed by atoms with Crippen LogP contribution in [0.25, 0.3) is 11.6 Å². The number of hydrogen-bond acceptors (Lipinski definition) is 5. The first-order chi connectivity index (χ1) is 16.0. The second kappa shape index (κ2) is 10.8. The van der Waals surface area contributed by atoms with Crippen LogP contribution in [-0.2, 0) is 16.1 Å². The fourth-order valence-corrected chi connectivity index (χ4v) is 3.79. The van der Waals surface area contributed by atoms with E-state index in [4.69, 9.17) is 9.47 Å². The van der Waals surface area contributed by atoms with E-state index in [1.165, 1.54) is 4.90 Å². The van der Waals surface area contributed by atoms with Gasteiger partial charge in [0.25, 0.3) is 11.8 Å². The van der Waals surface area contributed by atoms with Crippen LogP contribution in [0.1, 0.15) is 23.6 Å². The Hall–Kier alpha value is -3.90. The first-order valence-corrected chi connectivity index (χ1v) is 10.5. The number of pyridine rings is 1. The highest BCUT2D eigenvalue weighted by atomic mass is 35.5. The molecule has 0 N–H and O–H groups in total. The van der Waals surface area contributed by atoms with Gasteiger partial charge in [-0.15, -0.1) is 12.4 Å². The van der Waals surface area contributed by atoms with E-state index in [0.717, 1.165) is 16.7 Å². The second-order valence-electron chi connectivity index (χ2n) is 7.62. The molecule has 174 valence electrons. The van der Waals surface area contributed by atoms with Crippen molar-refractivity contribution >= 4 is 35.9 Å². The zero-order valence-electron chi connectivity index (χ0n) is 19.1. The van der Waals surface area contributed by atoms with Gasteiger partial charge in [0.05, 0.1) is 31.9 Å². The zero-order chi connectivity index (χ0) is 23.4. The average molecular weight is 477 g/mol. The van der Waals surface area contributed by atoms with Gasteiger partial charge in [-0.2, -0.15) is 0 Å². The molecule has 1 fully saturated rings. The number of benzene rings is 2. The summed E-state index contributed by atoms with van der Waals surface area (Å²) >= 11 is 0. The summed E-state index contributed by atoms with van der Waals surface area (Å²) in [5.41, 5.74) is 3.81. The third-order valence-corrected chi connectivity index (χ3v) is 5.56. The smallest absolute Gasteiger partial charge is 0.262 e. The number of likely N-dealkylation sites (tertiary alicyclic amines) is 1. The summed E-state index contributed by atoms with van der Waals surface area (Å²) < 4.78 is 10.8. The Balaban J connectivity index is 0.00000324. The highest BCUT2D eigenvalue weighted by Gasteiger charge is 2.40. The number of ether oxygens (including phenoxy) is 2. The van der Waals surface area contributed by atoms with Crippen molar-refractivity contribution in [3.05, 3.63) is 101 Å². The summed E-state index contributed by atoms with van der Waals surface area (Å²) in [5.74, 6) is 0.537. The summed E-state index contributed by atoms with van der Waals surface area (Å²) in [5, 5.41) is 0. The summed E-state index contributed by atoms with van der Waals surface area (Å²) in [6, 6.07) is 18.5. The molecule has 0 aliphatic carbocycles. The van der Waals surface area contributed by atoms with Crippen molar-refractivity contribution in [3.8, 4) is 11.5 Å². The fourth-order valence-electron chi connectivity index (χ4n) is 3.79. The zero-order valence-corrected chi connectivity index (χ0v) is 20.0. The lowest BCUT2D eigenvalue weighted by molar-refractivity contribution is -0.137. The molecule has 6 nitrogen and oxygen atoms in total. The van der Waals surface area contributed by atoms with Crippen molar-refractivity contribution in [2.24, 2.45) is 0 Å². The van der Waals surface area contributed by atoms with Gasteiger partial charge in [0, 0.05) is 18.5 Å². The number of carbonyl (C=O) groups is 2. The number of amides is 2. The van der Waals surface area contributed by atoms with E-state index in [-0.39, 0.29) is 30.8 Å². The predicted octanol–water partition coefficient (Wildman–Crippen LogP) is 4.95. The van der Waals surface area contributed by atoms with Gasteiger partial charge in [-0.3, -0.25) is 19.5 Å². The van der Waals surface area contributed by atoms with Crippen LogP contribution in [0.3, 0.4) is 0 Å². The van der Waals surface area contributed by atoms with Crippen molar-refractivity contribution in [1.29, 1.82) is 0 Å². The van der Waals surface area contributed by atoms with E-state index < -0.39 is 0 Å². The molecule has 1 aliphatic rings. The van der Waals surface area contributed by atoms with E-state index in [9.17, 15) is 9.59 Å². The molecule has 0 bridgehead atoms. The summed E-state index contributed by atoms with van der Waals surface area (Å²) in [7, 11) is 3.14. The highest BCUT2D eigenvalue weighted by molar-refractivity contribution is 6.29. The van der Waals surface area contributed by atoms with Crippen LogP contribution in [0.4, 0.5) is 0 Å². The van der Waals surface area contributed by atoms with Gasteiger partial charge >= 0.3 is 0 Å². The lowest BCUT2D eigenvalue weighted by Gasteiger charge is -2.13. The number of halogens is 1. The van der Waals surface area contributed by atoms with E-state index in [1.54, 1.807) is 50.9 Å². The molecule has 0 saturated carbocycles. The van der Waals surface area contributed by atoms with Crippen LogP contribution < -0.4 is 9.47 Å². The molecule has 1 aliphatic heterocycles. The van der Waals surface area contributed by atoms with E-state index >= 15 is 0 Å². The molecule has 4 rings (SSSR count). The molecule has 2 heterocycles. The number of imide groups is 1. The topological polar surface area (TPSA) is 68.7 Å². The molecule has 7 heteroatoms. The quantitative estimate of drug-likeness (QED) is 0.372. The van der Waals surface area contributed by atoms with Crippen LogP contribution >= 0.6 is 12.4 Å². The first-order valence-electron chi connectivity index (χ1n) is 10.5. The third kappa shape index (κ3) is 5.02. The monoisotopic (exact) mass is 476 g/mol. The summed E-state index contributed by atoms with van der Waals surface area (Å²) in [6.45, 7) is 2.01. The normalized spacial score (nSPS) is 15.9. The minimum absolute atomic E-state index is 0. The van der Waals surface area contributed by atoms with Crippen molar-refractivity contribution < 1.29 is 19.1 Å². The minimum Gasteiger partial charge on any atom is -0.497 e. The maximum atomic E-state index is 13.6. The fraction of sp³-hybridized carbons (Fsp3) is 0.148. The number of aromatic nitrogens is 1. The molecule has 0 unspecified atom stereocenters. The molecule has 2 aromatic carbocycles. The van der Waals surface area contributed by atoms with Gasteiger partial charge in [0.15, 0.2) is 0 Å². The van der Waals surface area contributed by atoms with Gasteiger partial charge < -0.3 is 9.47 Å². The lowest BCUT2D eigenvalue weighted by Crippen LogP contribution is -2.29. The molecule has 1 saturated heterocycles. The lowest BCUT2D eigenvalue weighted by atomic mass is 9.95. The van der Waals surface area contributed by atoms with Crippen LogP contribution in [0.2, 0.25) is 0 Å². The van der Waals surface area contributed by atoms with Gasteiger partial charge in [0.2, 0.25) is 0 Å². The number of carbonyl (C=O) groups excluding carboxylic acids is 2. The molecule has 34 heavy (non-hydrogen) atoms. The van der Waals surface area contributed by atoms with Crippen molar-refractivity contribution in [1.82, 2.24) is 9.88 Å². The Morgan fingerprint density at radius 1 is 0.912 bits per heavy atom. The Labute approximate surface area is 204 Å². The SMILES string of the molecule is COc1cc(OC)cc(/C(C)=C2\C(=O)N(Cc3ccncc3)C(=O)\C2=C\c2ccccc2)c1.Cl. The van der Waals surface area contributed by atoms with Gasteiger partial charge in [0.1, 0.15) is 11.5 Å². The maximum absolute atomic E-state index is 13.6. The Bertz CT molecular complexity index is 1230. The van der Waals surface area contributed by atoms with Crippen LogP contribution in [-0.4, -0.2) is 35.9 Å². The number of hydrogen-bond donors (Lipinski definition) is 0. The third-order valence-electron chi connectivity index (χ3n) is 5.56. The van der Waals surface area contributed by atoms with E-state index in [1.807, 2.05) is 49.4 Å².